The number of hydrogen-bond acceptors (Lipinski definition) is 5. The number of aromatic nitrogens is 2. The second-order valence-electron chi connectivity index (χ2n) is 6.24. The number of carbonyl (C=O) groups excluding carboxylic acids is 1. The van der Waals surface area contributed by atoms with Gasteiger partial charge in [-0.05, 0) is 25.1 Å². The third-order valence-corrected chi connectivity index (χ3v) is 4.82. The molecule has 0 N–H and O–H groups in total. The first-order chi connectivity index (χ1) is 12.2. The molecule has 0 radical (unpaired) electrons. The maximum absolute atomic E-state index is 13.0. The summed E-state index contributed by atoms with van der Waals surface area (Å²) in [5, 5.41) is 0. The molecule has 1 amide bonds. The van der Waals surface area contributed by atoms with Crippen molar-refractivity contribution in [3.05, 3.63) is 41.5 Å². The monoisotopic (exact) mass is 343 g/mol. The van der Waals surface area contributed by atoms with E-state index in [4.69, 9.17) is 14.2 Å². The van der Waals surface area contributed by atoms with Crippen LogP contribution >= 0.6 is 0 Å². The Hall–Kier alpha value is -2.54. The van der Waals surface area contributed by atoms with Crippen LogP contribution in [0.25, 0.3) is 0 Å². The van der Waals surface area contributed by atoms with E-state index < -0.39 is 0 Å². The third-order valence-electron chi connectivity index (χ3n) is 4.82. The smallest absolute Gasteiger partial charge is 0.254 e. The fourth-order valence-electron chi connectivity index (χ4n) is 3.44. The summed E-state index contributed by atoms with van der Waals surface area (Å²) in [6, 6.07) is 5.24. The Balaban J connectivity index is 1.56. The van der Waals surface area contributed by atoms with E-state index in [1.165, 1.54) is 0 Å². The summed E-state index contributed by atoms with van der Waals surface area (Å²) >= 11 is 0. The van der Waals surface area contributed by atoms with E-state index in [0.29, 0.717) is 30.2 Å². The first kappa shape index (κ1) is 16.0. The Kier molecular flexibility index (Phi) is 4.09. The number of nitrogens with zero attached hydrogens (tertiary/aromatic N) is 3. The highest BCUT2D eigenvalue weighted by Gasteiger charge is 2.31. The van der Waals surface area contributed by atoms with Gasteiger partial charge in [0.25, 0.3) is 5.91 Å². The largest absolute Gasteiger partial charge is 0.454 e. The molecular formula is C18H21N3O4. The van der Waals surface area contributed by atoms with Gasteiger partial charge in [0, 0.05) is 44.1 Å². The molecule has 2 aliphatic heterocycles. The maximum Gasteiger partial charge on any atom is 0.254 e. The van der Waals surface area contributed by atoms with Crippen LogP contribution in [0.1, 0.15) is 34.8 Å². The maximum atomic E-state index is 13.0. The molecule has 25 heavy (non-hydrogen) atoms. The van der Waals surface area contributed by atoms with Crippen molar-refractivity contribution < 1.29 is 19.0 Å². The van der Waals surface area contributed by atoms with Gasteiger partial charge in [-0.15, -0.1) is 0 Å². The van der Waals surface area contributed by atoms with Crippen molar-refractivity contribution >= 4 is 5.91 Å². The molecule has 2 aromatic rings. The quantitative estimate of drug-likeness (QED) is 0.850. The normalized spacial score (nSPS) is 18.3. The van der Waals surface area contributed by atoms with Crippen molar-refractivity contribution in [2.24, 2.45) is 0 Å². The molecule has 0 fully saturated rings. The van der Waals surface area contributed by atoms with Gasteiger partial charge >= 0.3 is 0 Å². The summed E-state index contributed by atoms with van der Waals surface area (Å²) in [5.74, 6) is 2.21. The predicted molar refractivity (Wildman–Crippen MR) is 89.8 cm³/mol. The first-order valence-electron chi connectivity index (χ1n) is 8.43. The fraction of sp³-hybridized carbons (Fsp3) is 0.444. The molecule has 3 heterocycles. The van der Waals surface area contributed by atoms with Crippen molar-refractivity contribution in [3.63, 3.8) is 0 Å². The number of hydrogen-bond donors (Lipinski definition) is 0. The highest BCUT2D eigenvalue weighted by Crippen LogP contribution is 2.34. The summed E-state index contributed by atoms with van der Waals surface area (Å²) in [7, 11) is 1.70. The molecule has 132 valence electrons. The Morgan fingerprint density at radius 2 is 2.16 bits per heavy atom. The van der Waals surface area contributed by atoms with Crippen LogP contribution in [0.2, 0.25) is 0 Å². The number of amides is 1. The van der Waals surface area contributed by atoms with Crippen molar-refractivity contribution in [1.29, 1.82) is 0 Å². The Bertz CT molecular complexity index is 802. The molecule has 0 bridgehead atoms. The lowest BCUT2D eigenvalue weighted by atomic mass is 10.1. The lowest BCUT2D eigenvalue weighted by Gasteiger charge is -2.34. The van der Waals surface area contributed by atoms with Gasteiger partial charge in [-0.1, -0.05) is 0 Å². The zero-order chi connectivity index (χ0) is 17.4. The average molecular weight is 343 g/mol. The van der Waals surface area contributed by atoms with Crippen molar-refractivity contribution in [2.75, 3.05) is 27.1 Å². The second kappa shape index (κ2) is 6.40. The van der Waals surface area contributed by atoms with Crippen LogP contribution in [-0.4, -0.2) is 47.4 Å². The van der Waals surface area contributed by atoms with Gasteiger partial charge in [0.2, 0.25) is 6.79 Å². The molecule has 1 aromatic carbocycles. The van der Waals surface area contributed by atoms with Gasteiger partial charge in [-0.3, -0.25) is 4.79 Å². The number of imidazole rings is 1. The minimum atomic E-state index is -0.0806. The number of benzene rings is 1. The zero-order valence-electron chi connectivity index (χ0n) is 14.4. The SMILES string of the molecule is COCCc1cnc2n1CCN(C(=O)c1ccc3c(c1)OCO3)[C@@H]2C. The van der Waals surface area contributed by atoms with Crippen LogP contribution in [0.3, 0.4) is 0 Å². The number of ether oxygens (including phenoxy) is 3. The topological polar surface area (TPSA) is 65.8 Å². The standard InChI is InChI=1S/C18H21N3O4/c1-12-17-19-10-14(5-8-23-2)21(17)7-6-20(12)18(22)13-3-4-15-16(9-13)25-11-24-15/h3-4,9-10,12H,5-8,11H2,1-2H3/t12-/m1/s1. The summed E-state index contributed by atoms with van der Waals surface area (Å²) in [6.07, 6.45) is 2.71. The van der Waals surface area contributed by atoms with Gasteiger partial charge in [0.15, 0.2) is 11.5 Å². The lowest BCUT2D eigenvalue weighted by molar-refractivity contribution is 0.0635. The Morgan fingerprint density at radius 3 is 3.00 bits per heavy atom. The molecule has 0 spiro atoms. The van der Waals surface area contributed by atoms with E-state index in [9.17, 15) is 4.79 Å². The lowest BCUT2D eigenvalue weighted by Crippen LogP contribution is -2.41. The van der Waals surface area contributed by atoms with Crippen LogP contribution in [0.15, 0.2) is 24.4 Å². The number of carbonyl (C=O) groups is 1. The summed E-state index contributed by atoms with van der Waals surface area (Å²) in [4.78, 5) is 19.4. The molecule has 7 heteroatoms. The van der Waals surface area contributed by atoms with Gasteiger partial charge in [-0.25, -0.2) is 4.98 Å². The van der Waals surface area contributed by atoms with E-state index >= 15 is 0 Å². The van der Waals surface area contributed by atoms with Crippen molar-refractivity contribution in [3.8, 4) is 11.5 Å². The average Bonchev–Trinajstić information content (AvgIpc) is 3.26. The molecule has 0 saturated heterocycles. The summed E-state index contributed by atoms with van der Waals surface area (Å²) in [6.45, 7) is 4.28. The van der Waals surface area contributed by atoms with E-state index in [2.05, 4.69) is 9.55 Å². The Morgan fingerprint density at radius 1 is 1.32 bits per heavy atom. The van der Waals surface area contributed by atoms with Gasteiger partial charge < -0.3 is 23.7 Å². The number of fused-ring (bicyclic) bond motifs is 2. The minimum absolute atomic E-state index is 0.0153. The number of rotatable bonds is 4. The van der Waals surface area contributed by atoms with Crippen LogP contribution in [0.5, 0.6) is 11.5 Å². The molecule has 4 rings (SSSR count). The third kappa shape index (κ3) is 2.74. The van der Waals surface area contributed by atoms with Crippen LogP contribution < -0.4 is 9.47 Å². The summed E-state index contributed by atoms with van der Waals surface area (Å²) in [5.41, 5.74) is 1.76. The van der Waals surface area contributed by atoms with E-state index in [0.717, 1.165) is 24.5 Å². The molecule has 1 atom stereocenters. The second-order valence-corrected chi connectivity index (χ2v) is 6.24. The van der Waals surface area contributed by atoms with Crippen molar-refractivity contribution in [2.45, 2.75) is 25.9 Å². The highest BCUT2D eigenvalue weighted by atomic mass is 16.7. The number of methoxy groups -OCH3 is 1. The zero-order valence-corrected chi connectivity index (χ0v) is 14.4. The minimum Gasteiger partial charge on any atom is -0.454 e. The molecule has 0 saturated carbocycles. The van der Waals surface area contributed by atoms with Gasteiger partial charge in [0.1, 0.15) is 5.82 Å². The first-order valence-corrected chi connectivity index (χ1v) is 8.43. The fourth-order valence-corrected chi connectivity index (χ4v) is 3.44. The van der Waals surface area contributed by atoms with Gasteiger partial charge in [-0.2, -0.15) is 0 Å². The predicted octanol–water partition coefficient (Wildman–Crippen LogP) is 2.02. The molecule has 1 aromatic heterocycles. The van der Waals surface area contributed by atoms with E-state index in [1.54, 1.807) is 25.3 Å². The molecule has 0 unspecified atom stereocenters. The molecule has 7 nitrogen and oxygen atoms in total. The highest BCUT2D eigenvalue weighted by molar-refractivity contribution is 5.95. The molecule has 2 aliphatic rings. The molecular weight excluding hydrogens is 322 g/mol. The van der Waals surface area contributed by atoms with Crippen LogP contribution in [-0.2, 0) is 17.7 Å². The van der Waals surface area contributed by atoms with Crippen LogP contribution in [0.4, 0.5) is 0 Å². The van der Waals surface area contributed by atoms with Crippen LogP contribution in [0, 0.1) is 0 Å². The van der Waals surface area contributed by atoms with Gasteiger partial charge in [0.05, 0.1) is 12.6 Å². The van der Waals surface area contributed by atoms with E-state index in [-0.39, 0.29) is 18.7 Å². The van der Waals surface area contributed by atoms with E-state index in [1.807, 2.05) is 18.0 Å². The van der Waals surface area contributed by atoms with Crippen molar-refractivity contribution in [1.82, 2.24) is 14.5 Å². The summed E-state index contributed by atoms with van der Waals surface area (Å²) < 4.78 is 18.1. The Labute approximate surface area is 146 Å². The molecule has 0 aliphatic carbocycles.